The Balaban J connectivity index is 1.20. The summed E-state index contributed by atoms with van der Waals surface area (Å²) in [5.74, 6) is -1.03. The molecule has 5 nitrogen and oxygen atoms in total. The van der Waals surface area contributed by atoms with Gasteiger partial charge in [-0.2, -0.15) is 0 Å². The van der Waals surface area contributed by atoms with Crippen molar-refractivity contribution in [2.75, 3.05) is 19.8 Å². The maximum Gasteiger partial charge on any atom is 0.343 e. The molecule has 0 radical (unpaired) electrons. The first-order chi connectivity index (χ1) is 17.0. The average Bonchev–Trinajstić information content (AvgIpc) is 3.70. The van der Waals surface area contributed by atoms with Gasteiger partial charge in [-0.15, -0.1) is 0 Å². The fourth-order valence-corrected chi connectivity index (χ4v) is 4.24. The first-order valence-electron chi connectivity index (χ1n) is 11.8. The Morgan fingerprint density at radius 2 is 1.51 bits per heavy atom. The van der Waals surface area contributed by atoms with Crippen molar-refractivity contribution < 1.29 is 32.5 Å². The molecule has 0 saturated carbocycles. The van der Waals surface area contributed by atoms with Gasteiger partial charge in [0.2, 0.25) is 0 Å². The van der Waals surface area contributed by atoms with Crippen molar-refractivity contribution in [3.63, 3.8) is 0 Å². The van der Waals surface area contributed by atoms with Crippen molar-refractivity contribution in [2.24, 2.45) is 5.92 Å². The molecule has 2 aliphatic heterocycles. The van der Waals surface area contributed by atoms with Crippen LogP contribution in [0.4, 0.5) is 8.78 Å². The number of hydrogen-bond donors (Lipinski definition) is 0. The van der Waals surface area contributed by atoms with Crippen LogP contribution >= 0.6 is 0 Å². The second-order valence-corrected chi connectivity index (χ2v) is 8.86. The lowest BCUT2D eigenvalue weighted by Gasteiger charge is -2.29. The fourth-order valence-electron chi connectivity index (χ4n) is 4.24. The van der Waals surface area contributed by atoms with E-state index in [4.69, 9.17) is 18.9 Å². The van der Waals surface area contributed by atoms with E-state index in [0.717, 1.165) is 18.4 Å². The molecule has 0 bridgehead atoms. The first-order valence-corrected chi connectivity index (χ1v) is 11.8. The van der Waals surface area contributed by atoms with Crippen molar-refractivity contribution in [1.29, 1.82) is 0 Å². The molecule has 3 aromatic carbocycles. The third kappa shape index (κ3) is 5.42. The van der Waals surface area contributed by atoms with Crippen LogP contribution in [0.25, 0.3) is 11.1 Å². The average molecular weight is 481 g/mol. The molecule has 7 heteroatoms. The number of ether oxygens (including phenoxy) is 4. The van der Waals surface area contributed by atoms with Gasteiger partial charge in [0.15, 0.2) is 6.29 Å². The molecule has 5 rings (SSSR count). The van der Waals surface area contributed by atoms with Gasteiger partial charge in [-0.3, -0.25) is 0 Å². The van der Waals surface area contributed by atoms with Gasteiger partial charge in [-0.05, 0) is 53.9 Å². The largest absolute Gasteiger partial charge is 0.423 e. The minimum Gasteiger partial charge on any atom is -0.423 e. The van der Waals surface area contributed by atoms with Gasteiger partial charge >= 0.3 is 5.97 Å². The van der Waals surface area contributed by atoms with Gasteiger partial charge in [-0.25, -0.2) is 13.6 Å². The normalized spacial score (nSPS) is 21.5. The Morgan fingerprint density at radius 1 is 0.886 bits per heavy atom. The highest BCUT2D eigenvalue weighted by atomic mass is 19.1. The van der Waals surface area contributed by atoms with E-state index in [1.807, 2.05) is 0 Å². The zero-order valence-corrected chi connectivity index (χ0v) is 19.3. The SMILES string of the molecule is CCCC1COC(c2ccc(C(=O)Oc3ccc(-c4cc(F)c(C5CO5)c(F)c4)cc3)cc2)OC1. The highest BCUT2D eigenvalue weighted by molar-refractivity contribution is 5.91. The molecule has 0 aliphatic carbocycles. The van der Waals surface area contributed by atoms with Gasteiger partial charge in [0.05, 0.1) is 30.9 Å². The summed E-state index contributed by atoms with van der Waals surface area (Å²) >= 11 is 0. The van der Waals surface area contributed by atoms with E-state index in [9.17, 15) is 13.6 Å². The van der Waals surface area contributed by atoms with Gasteiger partial charge in [0, 0.05) is 11.5 Å². The van der Waals surface area contributed by atoms with E-state index >= 15 is 0 Å². The Bertz CT molecular complexity index is 1160. The Morgan fingerprint density at radius 3 is 2.09 bits per heavy atom. The van der Waals surface area contributed by atoms with Crippen molar-refractivity contribution >= 4 is 5.97 Å². The van der Waals surface area contributed by atoms with Crippen LogP contribution in [0.1, 0.15) is 53.6 Å². The maximum absolute atomic E-state index is 14.3. The molecule has 1 atom stereocenters. The van der Waals surface area contributed by atoms with Crippen LogP contribution in [0.5, 0.6) is 5.75 Å². The van der Waals surface area contributed by atoms with Crippen LogP contribution in [0.2, 0.25) is 0 Å². The molecular formula is C28H26F2O5. The molecule has 0 spiro atoms. The van der Waals surface area contributed by atoms with Crippen molar-refractivity contribution in [3.05, 3.63) is 89.0 Å². The Kier molecular flexibility index (Phi) is 6.90. The summed E-state index contributed by atoms with van der Waals surface area (Å²) in [5, 5.41) is 0. The van der Waals surface area contributed by atoms with E-state index in [1.54, 1.807) is 48.5 Å². The number of carbonyl (C=O) groups is 1. The Labute approximate surface area is 202 Å². The van der Waals surface area contributed by atoms with E-state index in [-0.39, 0.29) is 5.56 Å². The summed E-state index contributed by atoms with van der Waals surface area (Å²) in [6, 6.07) is 16.0. The van der Waals surface area contributed by atoms with Crippen LogP contribution in [0.15, 0.2) is 60.7 Å². The molecule has 2 heterocycles. The minimum absolute atomic E-state index is 0.0346. The number of carbonyl (C=O) groups excluding carboxylic acids is 1. The van der Waals surface area contributed by atoms with Crippen LogP contribution < -0.4 is 4.74 Å². The number of esters is 1. The minimum atomic E-state index is -0.633. The maximum atomic E-state index is 14.3. The first kappa shape index (κ1) is 23.6. The molecule has 2 aliphatic rings. The van der Waals surface area contributed by atoms with E-state index in [0.29, 0.717) is 48.2 Å². The lowest BCUT2D eigenvalue weighted by Crippen LogP contribution is -2.27. The molecule has 35 heavy (non-hydrogen) atoms. The number of benzene rings is 3. The summed E-state index contributed by atoms with van der Waals surface area (Å²) in [5.41, 5.74) is 2.20. The number of epoxide rings is 1. The van der Waals surface area contributed by atoms with E-state index in [1.165, 1.54) is 12.1 Å². The standard InChI is InChI=1S/C28H26F2O5/c1-2-3-17-14-33-28(34-15-17)20-6-4-19(5-7-20)27(31)35-22-10-8-18(9-11-22)21-12-23(29)26(24(30)13-21)25-16-32-25/h4-13,17,25,28H,2-3,14-16H2,1H3. The van der Waals surface area contributed by atoms with Crippen molar-refractivity contribution in [3.8, 4) is 16.9 Å². The second kappa shape index (κ2) is 10.2. The summed E-state index contributed by atoms with van der Waals surface area (Å²) in [6.07, 6.45) is 1.25. The molecule has 182 valence electrons. The van der Waals surface area contributed by atoms with Gasteiger partial charge < -0.3 is 18.9 Å². The third-order valence-electron chi connectivity index (χ3n) is 6.21. The number of hydrogen-bond acceptors (Lipinski definition) is 5. The molecule has 0 amide bonds. The zero-order chi connectivity index (χ0) is 24.4. The smallest absolute Gasteiger partial charge is 0.343 e. The molecule has 2 fully saturated rings. The molecular weight excluding hydrogens is 454 g/mol. The van der Waals surface area contributed by atoms with Crippen molar-refractivity contribution in [1.82, 2.24) is 0 Å². The molecule has 0 N–H and O–H groups in total. The van der Waals surface area contributed by atoms with Gasteiger partial charge in [0.25, 0.3) is 0 Å². The monoisotopic (exact) mass is 480 g/mol. The quantitative estimate of drug-likeness (QED) is 0.223. The molecule has 3 aromatic rings. The number of rotatable bonds is 7. The van der Waals surface area contributed by atoms with Gasteiger partial charge in [0.1, 0.15) is 23.5 Å². The van der Waals surface area contributed by atoms with Crippen LogP contribution in [0, 0.1) is 17.6 Å². The molecule has 2 saturated heterocycles. The second-order valence-electron chi connectivity index (χ2n) is 8.86. The lowest BCUT2D eigenvalue weighted by molar-refractivity contribution is -0.206. The highest BCUT2D eigenvalue weighted by Crippen LogP contribution is 2.36. The number of halogens is 2. The highest BCUT2D eigenvalue weighted by Gasteiger charge is 2.31. The topological polar surface area (TPSA) is 57.3 Å². The van der Waals surface area contributed by atoms with E-state index < -0.39 is 30.0 Å². The summed E-state index contributed by atoms with van der Waals surface area (Å²) in [6.45, 7) is 3.80. The summed E-state index contributed by atoms with van der Waals surface area (Å²) in [4.78, 5) is 12.6. The molecule has 1 unspecified atom stereocenters. The third-order valence-corrected chi connectivity index (χ3v) is 6.21. The predicted molar refractivity (Wildman–Crippen MR) is 125 cm³/mol. The fraction of sp³-hybridized carbons (Fsp3) is 0.321. The van der Waals surface area contributed by atoms with Crippen molar-refractivity contribution in [2.45, 2.75) is 32.2 Å². The Hall–Kier alpha value is -3.13. The lowest BCUT2D eigenvalue weighted by atomic mass is 10.0. The zero-order valence-electron chi connectivity index (χ0n) is 19.3. The summed E-state index contributed by atoms with van der Waals surface area (Å²) < 4.78 is 50.7. The van der Waals surface area contributed by atoms with Crippen LogP contribution in [-0.2, 0) is 14.2 Å². The molecule has 0 aromatic heterocycles. The predicted octanol–water partition coefficient (Wildman–Crippen LogP) is 6.38. The van der Waals surface area contributed by atoms with Crippen LogP contribution in [0.3, 0.4) is 0 Å². The summed E-state index contributed by atoms with van der Waals surface area (Å²) in [7, 11) is 0. The van der Waals surface area contributed by atoms with Crippen LogP contribution in [-0.4, -0.2) is 25.8 Å². The van der Waals surface area contributed by atoms with Gasteiger partial charge in [-0.1, -0.05) is 37.6 Å². The van der Waals surface area contributed by atoms with E-state index in [2.05, 4.69) is 6.92 Å².